The van der Waals surface area contributed by atoms with E-state index in [-0.39, 0.29) is 0 Å². The van der Waals surface area contributed by atoms with Crippen molar-refractivity contribution in [1.29, 1.82) is 0 Å². The summed E-state index contributed by atoms with van der Waals surface area (Å²) in [6, 6.07) is 0. The van der Waals surface area contributed by atoms with Crippen LogP contribution in [-0.2, 0) is 0 Å². The second-order valence-corrected chi connectivity index (χ2v) is 6.64. The van der Waals surface area contributed by atoms with Crippen LogP contribution in [0.15, 0.2) is 0 Å². The molecule has 4 unspecified atom stereocenters. The van der Waals surface area contributed by atoms with Gasteiger partial charge in [-0.15, -0.1) is 0 Å². The normalized spacial score (nSPS) is 38.6. The molecule has 4 atom stereocenters. The molecule has 0 N–H and O–H groups in total. The molecule has 0 amide bonds. The van der Waals surface area contributed by atoms with Crippen LogP contribution in [0.2, 0.25) is 0 Å². The monoisotopic (exact) mass is 196 g/mol. The van der Waals surface area contributed by atoms with Gasteiger partial charge in [-0.25, -0.2) is 0 Å². The molecule has 0 aromatic heterocycles. The average Bonchev–Trinajstić information content (AvgIpc) is 1.95. The lowest BCUT2D eigenvalue weighted by Gasteiger charge is -2.58. The van der Waals surface area contributed by atoms with E-state index in [9.17, 15) is 0 Å². The summed E-state index contributed by atoms with van der Waals surface area (Å²) in [6.07, 6.45) is 1.37. The lowest BCUT2D eigenvalue weighted by atomic mass is 9.47. The highest BCUT2D eigenvalue weighted by Crippen LogP contribution is 2.57. The zero-order chi connectivity index (χ0) is 11.1. The zero-order valence-corrected chi connectivity index (χ0v) is 11.1. The van der Waals surface area contributed by atoms with Gasteiger partial charge in [-0.2, -0.15) is 0 Å². The Morgan fingerprint density at radius 2 is 1.64 bits per heavy atom. The second kappa shape index (κ2) is 3.87. The smallest absolute Gasteiger partial charge is 0.0306 e. The minimum atomic E-state index is 0.505. The van der Waals surface area contributed by atoms with Crippen molar-refractivity contribution in [1.82, 2.24) is 0 Å². The molecule has 1 rings (SSSR count). The summed E-state index contributed by atoms with van der Waals surface area (Å²) < 4.78 is 0. The Morgan fingerprint density at radius 1 is 1.14 bits per heavy atom. The van der Waals surface area contributed by atoms with E-state index in [0.29, 0.717) is 5.41 Å². The molecular formula is C14H28. The van der Waals surface area contributed by atoms with E-state index >= 15 is 0 Å². The maximum Gasteiger partial charge on any atom is -0.0306 e. The Morgan fingerprint density at radius 3 is 1.93 bits per heavy atom. The van der Waals surface area contributed by atoms with Crippen LogP contribution in [0.25, 0.3) is 0 Å². The lowest BCUT2D eigenvalue weighted by molar-refractivity contribution is -0.101. The highest BCUT2D eigenvalue weighted by molar-refractivity contribution is 4.99. The first-order valence-corrected chi connectivity index (χ1v) is 6.30. The van der Waals surface area contributed by atoms with Gasteiger partial charge in [-0.1, -0.05) is 54.9 Å². The summed E-state index contributed by atoms with van der Waals surface area (Å²) in [5.74, 6) is 4.70. The Balaban J connectivity index is 2.74. The third kappa shape index (κ3) is 1.85. The summed E-state index contributed by atoms with van der Waals surface area (Å²) in [5, 5.41) is 0. The molecule has 0 aromatic carbocycles. The molecule has 0 heterocycles. The van der Waals surface area contributed by atoms with Crippen LogP contribution in [0.1, 0.15) is 54.9 Å². The van der Waals surface area contributed by atoms with E-state index in [1.165, 1.54) is 6.42 Å². The van der Waals surface area contributed by atoms with Crippen molar-refractivity contribution in [2.75, 3.05) is 0 Å². The standard InChI is InChI=1S/C14H28/c1-8-11-12(9(2)3)10(4)13(11)14(5,6)7/h9-13H,8H2,1-7H3. The maximum absolute atomic E-state index is 2.47. The molecule has 0 aromatic rings. The molecule has 0 spiro atoms. The number of hydrogen-bond donors (Lipinski definition) is 0. The van der Waals surface area contributed by atoms with Gasteiger partial charge in [0.05, 0.1) is 0 Å². The molecule has 0 heteroatoms. The molecule has 0 radical (unpaired) electrons. The summed E-state index contributed by atoms with van der Waals surface area (Å²) >= 11 is 0. The van der Waals surface area contributed by atoms with E-state index < -0.39 is 0 Å². The first kappa shape index (κ1) is 12.1. The fourth-order valence-electron chi connectivity index (χ4n) is 4.17. The van der Waals surface area contributed by atoms with Gasteiger partial charge in [-0.05, 0) is 35.0 Å². The zero-order valence-electron chi connectivity index (χ0n) is 11.1. The average molecular weight is 196 g/mol. The van der Waals surface area contributed by atoms with Crippen molar-refractivity contribution in [2.45, 2.75) is 54.9 Å². The lowest BCUT2D eigenvalue weighted by Crippen LogP contribution is -2.52. The van der Waals surface area contributed by atoms with E-state index in [4.69, 9.17) is 0 Å². The first-order valence-electron chi connectivity index (χ1n) is 6.30. The molecule has 14 heavy (non-hydrogen) atoms. The van der Waals surface area contributed by atoms with Gasteiger partial charge in [0.1, 0.15) is 0 Å². The third-order valence-electron chi connectivity index (χ3n) is 4.37. The quantitative estimate of drug-likeness (QED) is 0.605. The van der Waals surface area contributed by atoms with E-state index in [0.717, 1.165) is 29.6 Å². The molecule has 1 aliphatic rings. The van der Waals surface area contributed by atoms with Crippen LogP contribution < -0.4 is 0 Å². The number of hydrogen-bond acceptors (Lipinski definition) is 0. The second-order valence-electron chi connectivity index (χ2n) is 6.64. The highest BCUT2D eigenvalue weighted by atomic mass is 14.6. The topological polar surface area (TPSA) is 0 Å². The van der Waals surface area contributed by atoms with E-state index in [2.05, 4.69) is 48.5 Å². The predicted molar refractivity (Wildman–Crippen MR) is 64.2 cm³/mol. The minimum absolute atomic E-state index is 0.505. The van der Waals surface area contributed by atoms with Crippen LogP contribution in [0.3, 0.4) is 0 Å². The predicted octanol–water partition coefficient (Wildman–Crippen LogP) is 4.60. The first-order chi connectivity index (χ1) is 6.30. The highest BCUT2D eigenvalue weighted by Gasteiger charge is 2.51. The van der Waals surface area contributed by atoms with Gasteiger partial charge in [0, 0.05) is 0 Å². The van der Waals surface area contributed by atoms with Gasteiger partial charge in [0.25, 0.3) is 0 Å². The molecule has 84 valence electrons. The van der Waals surface area contributed by atoms with Crippen molar-refractivity contribution in [3.8, 4) is 0 Å². The van der Waals surface area contributed by atoms with E-state index in [1.54, 1.807) is 0 Å². The molecule has 0 bridgehead atoms. The molecule has 1 saturated carbocycles. The molecular weight excluding hydrogens is 168 g/mol. The number of rotatable bonds is 2. The maximum atomic E-state index is 2.47. The van der Waals surface area contributed by atoms with Gasteiger partial charge < -0.3 is 0 Å². The summed E-state index contributed by atoms with van der Waals surface area (Å²) in [6.45, 7) is 16.8. The Kier molecular flexibility index (Phi) is 3.33. The van der Waals surface area contributed by atoms with Crippen molar-refractivity contribution in [3.63, 3.8) is 0 Å². The summed E-state index contributed by atoms with van der Waals surface area (Å²) in [5.41, 5.74) is 0.505. The molecule has 1 aliphatic carbocycles. The summed E-state index contributed by atoms with van der Waals surface area (Å²) in [7, 11) is 0. The summed E-state index contributed by atoms with van der Waals surface area (Å²) in [4.78, 5) is 0. The van der Waals surface area contributed by atoms with Crippen LogP contribution in [0, 0.1) is 35.0 Å². The molecule has 1 fully saturated rings. The van der Waals surface area contributed by atoms with Crippen molar-refractivity contribution < 1.29 is 0 Å². The largest absolute Gasteiger partial charge is 0.0651 e. The van der Waals surface area contributed by atoms with Crippen molar-refractivity contribution in [3.05, 3.63) is 0 Å². The Labute approximate surface area is 90.5 Å². The van der Waals surface area contributed by atoms with Gasteiger partial charge >= 0.3 is 0 Å². The SMILES string of the molecule is CCC1C(C(C)C)C(C)C1C(C)(C)C. The van der Waals surface area contributed by atoms with E-state index in [1.807, 2.05) is 0 Å². The minimum Gasteiger partial charge on any atom is -0.0651 e. The van der Waals surface area contributed by atoms with Crippen molar-refractivity contribution >= 4 is 0 Å². The molecule has 0 saturated heterocycles. The fraction of sp³-hybridized carbons (Fsp3) is 1.00. The molecule has 0 aliphatic heterocycles. The van der Waals surface area contributed by atoms with Crippen LogP contribution >= 0.6 is 0 Å². The Hall–Kier alpha value is 0. The van der Waals surface area contributed by atoms with Crippen LogP contribution in [0.4, 0.5) is 0 Å². The Bertz CT molecular complexity index is 185. The van der Waals surface area contributed by atoms with Crippen LogP contribution in [0.5, 0.6) is 0 Å². The van der Waals surface area contributed by atoms with Gasteiger partial charge in [-0.3, -0.25) is 0 Å². The van der Waals surface area contributed by atoms with Crippen molar-refractivity contribution in [2.24, 2.45) is 35.0 Å². The molecule has 0 nitrogen and oxygen atoms in total. The van der Waals surface area contributed by atoms with Crippen LogP contribution in [-0.4, -0.2) is 0 Å². The van der Waals surface area contributed by atoms with Gasteiger partial charge in [0.15, 0.2) is 0 Å². The van der Waals surface area contributed by atoms with Gasteiger partial charge in [0.2, 0.25) is 0 Å². The third-order valence-corrected chi connectivity index (χ3v) is 4.37. The fourth-order valence-corrected chi connectivity index (χ4v) is 4.17.